The molecule has 1 rings (SSSR count). The molecule has 0 fully saturated rings. The monoisotopic (exact) mass is 344 g/mol. The minimum atomic E-state index is -0.579. The second-order valence-electron chi connectivity index (χ2n) is 4.98. The van der Waals surface area contributed by atoms with Crippen molar-refractivity contribution in [1.82, 2.24) is 4.98 Å². The second-order valence-corrected chi connectivity index (χ2v) is 5.90. The summed E-state index contributed by atoms with van der Waals surface area (Å²) >= 11 is 3.25. The molecule has 0 aliphatic rings. The van der Waals surface area contributed by atoms with Gasteiger partial charge in [-0.2, -0.15) is 0 Å². The molecule has 0 bridgehead atoms. The predicted octanol–water partition coefficient (Wildman–Crippen LogP) is 2.38. The van der Waals surface area contributed by atoms with Gasteiger partial charge >= 0.3 is 11.9 Å². The average molecular weight is 345 g/mol. The van der Waals surface area contributed by atoms with Gasteiger partial charge in [-0.3, -0.25) is 4.79 Å². The lowest BCUT2D eigenvalue weighted by Gasteiger charge is -2.20. The largest absolute Gasteiger partial charge is 0.464 e. The summed E-state index contributed by atoms with van der Waals surface area (Å²) in [4.78, 5) is 27.2. The fourth-order valence-electron chi connectivity index (χ4n) is 1.38. The van der Waals surface area contributed by atoms with E-state index in [0.29, 0.717) is 10.2 Å². The Balaban J connectivity index is 2.79. The first kappa shape index (κ1) is 16.4. The third kappa shape index (κ3) is 5.16. The highest BCUT2D eigenvalue weighted by Crippen LogP contribution is 2.19. The lowest BCUT2D eigenvalue weighted by molar-refractivity contribution is -0.152. The van der Waals surface area contributed by atoms with E-state index in [-0.39, 0.29) is 12.2 Å². The first-order valence-electron chi connectivity index (χ1n) is 5.92. The Kier molecular flexibility index (Phi) is 5.50. The highest BCUT2D eigenvalue weighted by atomic mass is 79.9. The maximum atomic E-state index is 11.6. The van der Waals surface area contributed by atoms with Gasteiger partial charge in [0.1, 0.15) is 12.1 Å². The van der Waals surface area contributed by atoms with Crippen LogP contribution in [0.15, 0.2) is 16.7 Å². The van der Waals surface area contributed by atoms with Crippen molar-refractivity contribution in [3.63, 3.8) is 0 Å². The first-order valence-corrected chi connectivity index (χ1v) is 6.72. The number of halogens is 1. The van der Waals surface area contributed by atoms with E-state index in [9.17, 15) is 9.59 Å². The van der Waals surface area contributed by atoms with Crippen LogP contribution in [0.3, 0.4) is 0 Å². The number of ether oxygens (including phenoxy) is 2. The molecular weight excluding hydrogens is 328 g/mol. The Morgan fingerprint density at radius 3 is 2.60 bits per heavy atom. The molecule has 0 spiro atoms. The van der Waals surface area contributed by atoms with Crippen LogP contribution in [0.2, 0.25) is 0 Å². The average Bonchev–Trinajstić information content (AvgIpc) is 2.33. The number of aromatic nitrogens is 1. The molecule has 6 nitrogen and oxygen atoms in total. The Labute approximate surface area is 126 Å². The van der Waals surface area contributed by atoms with E-state index in [4.69, 9.17) is 4.74 Å². The summed E-state index contributed by atoms with van der Waals surface area (Å²) in [6.45, 7) is 5.28. The van der Waals surface area contributed by atoms with E-state index < -0.39 is 17.5 Å². The highest BCUT2D eigenvalue weighted by Gasteiger charge is 2.18. The number of hydrogen-bond acceptors (Lipinski definition) is 6. The fourth-order valence-corrected chi connectivity index (χ4v) is 1.71. The molecule has 1 aromatic rings. The Hall–Kier alpha value is -1.63. The molecule has 0 radical (unpaired) electrons. The maximum Gasteiger partial charge on any atom is 0.358 e. The number of rotatable bonds is 4. The van der Waals surface area contributed by atoms with Crippen LogP contribution in [0.4, 0.5) is 5.69 Å². The van der Waals surface area contributed by atoms with Gasteiger partial charge in [0.25, 0.3) is 0 Å². The number of hydrogen-bond donors (Lipinski definition) is 1. The molecular formula is C13H17BrN2O4. The van der Waals surface area contributed by atoms with Crippen LogP contribution in [0, 0.1) is 0 Å². The summed E-state index contributed by atoms with van der Waals surface area (Å²) in [5.74, 6) is -1.00. The molecule has 0 saturated heterocycles. The van der Waals surface area contributed by atoms with Gasteiger partial charge in [0.15, 0.2) is 5.69 Å². The number of methoxy groups -OCH3 is 1. The molecule has 110 valence electrons. The third-order valence-electron chi connectivity index (χ3n) is 2.08. The van der Waals surface area contributed by atoms with Crippen molar-refractivity contribution >= 4 is 33.6 Å². The molecule has 1 N–H and O–H groups in total. The normalized spacial score (nSPS) is 10.8. The second kappa shape index (κ2) is 6.69. The van der Waals surface area contributed by atoms with E-state index in [1.807, 2.05) is 0 Å². The summed E-state index contributed by atoms with van der Waals surface area (Å²) in [5.41, 5.74) is -0.0456. The molecule has 0 saturated carbocycles. The van der Waals surface area contributed by atoms with Gasteiger partial charge in [-0.05, 0) is 42.8 Å². The number of esters is 2. The van der Waals surface area contributed by atoms with Gasteiger partial charge in [-0.15, -0.1) is 0 Å². The molecule has 20 heavy (non-hydrogen) atoms. The first-order chi connectivity index (χ1) is 9.23. The van der Waals surface area contributed by atoms with Crippen molar-refractivity contribution in [2.75, 3.05) is 19.0 Å². The lowest BCUT2D eigenvalue weighted by atomic mass is 10.2. The van der Waals surface area contributed by atoms with E-state index in [2.05, 4.69) is 31.0 Å². The number of carbonyl (C=O) groups is 2. The van der Waals surface area contributed by atoms with Crippen molar-refractivity contribution < 1.29 is 19.1 Å². The summed E-state index contributed by atoms with van der Waals surface area (Å²) in [7, 11) is 1.27. The SMILES string of the molecule is COC(=O)c1ncc(Br)cc1NCC(=O)OC(C)(C)C. The number of carbonyl (C=O) groups excluding carboxylic acids is 2. The zero-order chi connectivity index (χ0) is 15.3. The van der Waals surface area contributed by atoms with Gasteiger partial charge in [-0.25, -0.2) is 9.78 Å². The number of nitrogens with one attached hydrogen (secondary N) is 1. The van der Waals surface area contributed by atoms with E-state index in [1.165, 1.54) is 13.3 Å². The van der Waals surface area contributed by atoms with Crippen molar-refractivity contribution in [3.8, 4) is 0 Å². The molecule has 1 aromatic heterocycles. The standard InChI is InChI=1S/C13H17BrN2O4/c1-13(2,3)20-10(17)7-15-9-5-8(14)6-16-11(9)12(18)19-4/h5-6,15H,7H2,1-4H3. The minimum Gasteiger partial charge on any atom is -0.464 e. The van der Waals surface area contributed by atoms with Crippen LogP contribution < -0.4 is 5.32 Å². The van der Waals surface area contributed by atoms with Crippen molar-refractivity contribution in [2.24, 2.45) is 0 Å². The molecule has 0 atom stereocenters. The maximum absolute atomic E-state index is 11.6. The van der Waals surface area contributed by atoms with Crippen LogP contribution in [-0.2, 0) is 14.3 Å². The molecule has 7 heteroatoms. The van der Waals surface area contributed by atoms with Crippen molar-refractivity contribution in [2.45, 2.75) is 26.4 Å². The Morgan fingerprint density at radius 1 is 1.40 bits per heavy atom. The van der Waals surface area contributed by atoms with E-state index >= 15 is 0 Å². The fraction of sp³-hybridized carbons (Fsp3) is 0.462. The van der Waals surface area contributed by atoms with Crippen LogP contribution in [0.25, 0.3) is 0 Å². The van der Waals surface area contributed by atoms with Crippen LogP contribution in [-0.4, -0.2) is 36.2 Å². The highest BCUT2D eigenvalue weighted by molar-refractivity contribution is 9.10. The smallest absolute Gasteiger partial charge is 0.358 e. The Bertz CT molecular complexity index is 512. The quantitative estimate of drug-likeness (QED) is 0.845. The number of anilines is 1. The topological polar surface area (TPSA) is 77.5 Å². The third-order valence-corrected chi connectivity index (χ3v) is 2.51. The molecule has 0 unspecified atom stereocenters. The van der Waals surface area contributed by atoms with E-state index in [0.717, 1.165) is 0 Å². The Morgan fingerprint density at radius 2 is 2.05 bits per heavy atom. The molecule has 0 amide bonds. The number of pyridine rings is 1. The molecule has 0 aromatic carbocycles. The van der Waals surface area contributed by atoms with Crippen molar-refractivity contribution in [1.29, 1.82) is 0 Å². The van der Waals surface area contributed by atoms with Gasteiger partial charge in [0.2, 0.25) is 0 Å². The van der Waals surface area contributed by atoms with Crippen LogP contribution in [0.1, 0.15) is 31.3 Å². The summed E-state index contributed by atoms with van der Waals surface area (Å²) < 4.78 is 10.5. The number of nitrogens with zero attached hydrogens (tertiary/aromatic N) is 1. The lowest BCUT2D eigenvalue weighted by Crippen LogP contribution is -2.28. The van der Waals surface area contributed by atoms with Crippen LogP contribution >= 0.6 is 15.9 Å². The zero-order valence-electron chi connectivity index (χ0n) is 11.8. The molecule has 0 aliphatic heterocycles. The minimum absolute atomic E-state index is 0.0700. The zero-order valence-corrected chi connectivity index (χ0v) is 13.4. The van der Waals surface area contributed by atoms with Gasteiger partial charge in [0.05, 0.1) is 12.8 Å². The van der Waals surface area contributed by atoms with Crippen LogP contribution in [0.5, 0.6) is 0 Å². The molecule has 0 aliphatic carbocycles. The van der Waals surface area contributed by atoms with Gasteiger partial charge < -0.3 is 14.8 Å². The van der Waals surface area contributed by atoms with Crippen molar-refractivity contribution in [3.05, 3.63) is 22.4 Å². The summed E-state index contributed by atoms with van der Waals surface area (Å²) in [6, 6.07) is 1.64. The summed E-state index contributed by atoms with van der Waals surface area (Å²) in [5, 5.41) is 2.82. The van der Waals surface area contributed by atoms with Gasteiger partial charge in [0, 0.05) is 10.7 Å². The summed E-state index contributed by atoms with van der Waals surface area (Å²) in [6.07, 6.45) is 1.48. The van der Waals surface area contributed by atoms with Gasteiger partial charge in [-0.1, -0.05) is 0 Å². The predicted molar refractivity (Wildman–Crippen MR) is 77.6 cm³/mol. The molecule has 1 heterocycles. The van der Waals surface area contributed by atoms with E-state index in [1.54, 1.807) is 26.8 Å².